The number of hydrogen-bond donors (Lipinski definition) is 1. The third kappa shape index (κ3) is 4.80. The standard InChI is InChI=1S/C22H17BrN2O2S2/c1-27-17-9-6-14(7-10-17)21(26)24-16-8-11-19-20(12-16)29-22(25-19)28-13-15-4-2-3-5-18(15)23/h2-12H,13H2,1H3,(H,24,26). The van der Waals surface area contributed by atoms with Crippen LogP contribution in [0.25, 0.3) is 10.2 Å². The van der Waals surface area contributed by atoms with Crippen LogP contribution in [0.4, 0.5) is 5.69 Å². The summed E-state index contributed by atoms with van der Waals surface area (Å²) in [5, 5.41) is 2.95. The SMILES string of the molecule is COc1ccc(C(=O)Nc2ccc3nc(SCc4ccccc4Br)sc3c2)cc1. The normalized spacial score (nSPS) is 10.8. The van der Waals surface area contributed by atoms with Gasteiger partial charge in [-0.05, 0) is 54.1 Å². The number of nitrogens with one attached hydrogen (secondary N) is 1. The highest BCUT2D eigenvalue weighted by molar-refractivity contribution is 9.10. The minimum atomic E-state index is -0.153. The Bertz CT molecular complexity index is 1160. The van der Waals surface area contributed by atoms with E-state index < -0.39 is 0 Å². The largest absolute Gasteiger partial charge is 0.497 e. The molecule has 0 atom stereocenters. The van der Waals surface area contributed by atoms with Gasteiger partial charge in [0.05, 0.1) is 17.3 Å². The number of rotatable bonds is 6. The van der Waals surface area contributed by atoms with Crippen LogP contribution in [0, 0.1) is 0 Å². The molecule has 0 spiro atoms. The van der Waals surface area contributed by atoms with Crippen molar-refractivity contribution in [3.05, 3.63) is 82.3 Å². The molecule has 0 aliphatic heterocycles. The highest BCUT2D eigenvalue weighted by atomic mass is 79.9. The summed E-state index contributed by atoms with van der Waals surface area (Å²) in [4.78, 5) is 17.2. The van der Waals surface area contributed by atoms with Crippen LogP contribution in [0.1, 0.15) is 15.9 Å². The lowest BCUT2D eigenvalue weighted by atomic mass is 10.2. The summed E-state index contributed by atoms with van der Waals surface area (Å²) in [6.45, 7) is 0. The molecule has 1 amide bonds. The minimum absolute atomic E-state index is 0.153. The lowest BCUT2D eigenvalue weighted by Gasteiger charge is -2.06. The average Bonchev–Trinajstić information content (AvgIpc) is 3.15. The number of nitrogens with zero attached hydrogens (tertiary/aromatic N) is 1. The number of anilines is 1. The van der Waals surface area contributed by atoms with Gasteiger partial charge in [0.25, 0.3) is 5.91 Å². The smallest absolute Gasteiger partial charge is 0.255 e. The van der Waals surface area contributed by atoms with Gasteiger partial charge in [-0.2, -0.15) is 0 Å². The number of aromatic nitrogens is 1. The fourth-order valence-corrected chi connectivity index (χ4v) is 5.47. The Morgan fingerprint density at radius 2 is 1.93 bits per heavy atom. The first kappa shape index (κ1) is 19.9. The quantitative estimate of drug-likeness (QED) is 0.312. The zero-order chi connectivity index (χ0) is 20.2. The first-order valence-corrected chi connectivity index (χ1v) is 11.4. The molecule has 0 aliphatic rings. The van der Waals surface area contributed by atoms with E-state index in [2.05, 4.69) is 27.3 Å². The van der Waals surface area contributed by atoms with E-state index in [4.69, 9.17) is 9.72 Å². The molecule has 0 saturated heterocycles. The van der Waals surface area contributed by atoms with Gasteiger partial charge in [-0.1, -0.05) is 45.9 Å². The number of benzene rings is 3. The molecule has 0 unspecified atom stereocenters. The van der Waals surface area contributed by atoms with Crippen LogP contribution < -0.4 is 10.1 Å². The van der Waals surface area contributed by atoms with Crippen LogP contribution in [0.2, 0.25) is 0 Å². The van der Waals surface area contributed by atoms with Crippen molar-refractivity contribution in [1.29, 1.82) is 0 Å². The maximum atomic E-state index is 12.5. The van der Waals surface area contributed by atoms with E-state index in [9.17, 15) is 4.79 Å². The highest BCUT2D eigenvalue weighted by Gasteiger charge is 2.10. The molecule has 0 bridgehead atoms. The van der Waals surface area contributed by atoms with E-state index >= 15 is 0 Å². The van der Waals surface area contributed by atoms with E-state index in [0.29, 0.717) is 5.56 Å². The lowest BCUT2D eigenvalue weighted by Crippen LogP contribution is -2.11. The van der Waals surface area contributed by atoms with Crippen molar-refractivity contribution in [2.24, 2.45) is 0 Å². The zero-order valence-electron chi connectivity index (χ0n) is 15.5. The monoisotopic (exact) mass is 484 g/mol. The van der Waals surface area contributed by atoms with Gasteiger partial charge in [0.2, 0.25) is 0 Å². The Morgan fingerprint density at radius 3 is 2.69 bits per heavy atom. The molecule has 0 radical (unpaired) electrons. The number of thioether (sulfide) groups is 1. The number of hydrogen-bond acceptors (Lipinski definition) is 5. The number of fused-ring (bicyclic) bond motifs is 1. The first-order valence-electron chi connectivity index (χ1n) is 8.84. The number of thiazole rings is 1. The summed E-state index contributed by atoms with van der Waals surface area (Å²) >= 11 is 6.93. The zero-order valence-corrected chi connectivity index (χ0v) is 18.7. The molecule has 0 saturated carbocycles. The molecule has 3 aromatic carbocycles. The number of carbonyl (C=O) groups excluding carboxylic acids is 1. The van der Waals surface area contributed by atoms with Crippen molar-refractivity contribution < 1.29 is 9.53 Å². The van der Waals surface area contributed by atoms with Crippen molar-refractivity contribution in [1.82, 2.24) is 4.98 Å². The van der Waals surface area contributed by atoms with Crippen molar-refractivity contribution >= 4 is 60.8 Å². The molecule has 4 nitrogen and oxygen atoms in total. The Hall–Kier alpha value is -2.35. The maximum absolute atomic E-state index is 12.5. The van der Waals surface area contributed by atoms with Crippen molar-refractivity contribution in [3.8, 4) is 5.75 Å². The van der Waals surface area contributed by atoms with Crippen LogP contribution in [-0.2, 0) is 5.75 Å². The van der Waals surface area contributed by atoms with E-state index in [-0.39, 0.29) is 5.91 Å². The Balaban J connectivity index is 1.46. The summed E-state index contributed by atoms with van der Waals surface area (Å²) in [5.41, 5.74) is 3.51. The van der Waals surface area contributed by atoms with E-state index in [1.807, 2.05) is 36.4 Å². The summed E-state index contributed by atoms with van der Waals surface area (Å²) in [7, 11) is 1.60. The van der Waals surface area contributed by atoms with Gasteiger partial charge in [0.1, 0.15) is 5.75 Å². The highest BCUT2D eigenvalue weighted by Crippen LogP contribution is 2.34. The molecule has 1 aromatic heterocycles. The average molecular weight is 485 g/mol. The molecule has 146 valence electrons. The predicted octanol–water partition coefficient (Wildman–Crippen LogP) is 6.61. The third-order valence-corrected chi connectivity index (χ3v) is 7.27. The van der Waals surface area contributed by atoms with E-state index in [1.54, 1.807) is 54.5 Å². The molecule has 0 aliphatic carbocycles. The summed E-state index contributed by atoms with van der Waals surface area (Å²) in [6, 6.07) is 21.0. The molecule has 7 heteroatoms. The second-order valence-corrected chi connectivity index (χ2v) is 9.33. The molecular weight excluding hydrogens is 468 g/mol. The van der Waals surface area contributed by atoms with E-state index in [0.717, 1.165) is 36.2 Å². The van der Waals surface area contributed by atoms with Crippen LogP contribution in [0.15, 0.2) is 75.5 Å². The fraction of sp³-hybridized carbons (Fsp3) is 0.0909. The van der Waals surface area contributed by atoms with Crippen LogP contribution in [0.3, 0.4) is 0 Å². The second kappa shape index (κ2) is 8.98. The Labute approximate surface area is 185 Å². The van der Waals surface area contributed by atoms with Gasteiger partial charge in [-0.3, -0.25) is 4.79 Å². The summed E-state index contributed by atoms with van der Waals surface area (Å²) in [5.74, 6) is 1.42. The molecule has 29 heavy (non-hydrogen) atoms. The van der Waals surface area contributed by atoms with Crippen molar-refractivity contribution in [3.63, 3.8) is 0 Å². The predicted molar refractivity (Wildman–Crippen MR) is 124 cm³/mol. The molecule has 0 fully saturated rings. The van der Waals surface area contributed by atoms with Gasteiger partial charge in [0.15, 0.2) is 4.34 Å². The molecule has 1 heterocycles. The first-order chi connectivity index (χ1) is 14.1. The van der Waals surface area contributed by atoms with Gasteiger partial charge >= 0.3 is 0 Å². The van der Waals surface area contributed by atoms with Gasteiger partial charge < -0.3 is 10.1 Å². The topological polar surface area (TPSA) is 51.2 Å². The maximum Gasteiger partial charge on any atom is 0.255 e. The number of amides is 1. The molecular formula is C22H17BrN2O2S2. The van der Waals surface area contributed by atoms with Crippen LogP contribution >= 0.6 is 39.0 Å². The molecule has 4 aromatic rings. The van der Waals surface area contributed by atoms with Crippen molar-refractivity contribution in [2.75, 3.05) is 12.4 Å². The Kier molecular flexibility index (Phi) is 6.18. The summed E-state index contributed by atoms with van der Waals surface area (Å²) < 4.78 is 8.30. The van der Waals surface area contributed by atoms with E-state index in [1.165, 1.54) is 5.56 Å². The van der Waals surface area contributed by atoms with Gasteiger partial charge in [-0.15, -0.1) is 11.3 Å². The molecule has 4 rings (SSSR count). The van der Waals surface area contributed by atoms with Gasteiger partial charge in [0, 0.05) is 21.5 Å². The second-order valence-electron chi connectivity index (χ2n) is 6.22. The fourth-order valence-electron chi connectivity index (χ4n) is 2.74. The van der Waals surface area contributed by atoms with Gasteiger partial charge in [-0.25, -0.2) is 4.98 Å². The molecule has 1 N–H and O–H groups in total. The minimum Gasteiger partial charge on any atom is -0.497 e. The number of ether oxygens (including phenoxy) is 1. The van der Waals surface area contributed by atoms with Crippen LogP contribution in [0.5, 0.6) is 5.75 Å². The van der Waals surface area contributed by atoms with Crippen LogP contribution in [-0.4, -0.2) is 18.0 Å². The number of halogens is 1. The van der Waals surface area contributed by atoms with Crippen molar-refractivity contribution in [2.45, 2.75) is 10.1 Å². The summed E-state index contributed by atoms with van der Waals surface area (Å²) in [6.07, 6.45) is 0. The number of methoxy groups -OCH3 is 1. The lowest BCUT2D eigenvalue weighted by molar-refractivity contribution is 0.102. The number of carbonyl (C=O) groups is 1. The Morgan fingerprint density at radius 1 is 1.14 bits per heavy atom. The third-order valence-electron chi connectivity index (χ3n) is 4.29.